The van der Waals surface area contributed by atoms with Crippen molar-refractivity contribution in [2.24, 2.45) is 0 Å². The highest BCUT2D eigenvalue weighted by Gasteiger charge is 1.92. The van der Waals surface area contributed by atoms with Crippen molar-refractivity contribution in [3.8, 4) is 0 Å². The smallest absolute Gasteiger partial charge is 0.0398 e. The van der Waals surface area contributed by atoms with E-state index in [1.165, 1.54) is 0 Å². The van der Waals surface area contributed by atoms with E-state index in [0.29, 0.717) is 4.83 Å². The third-order valence-electron chi connectivity index (χ3n) is 0.876. The Morgan fingerprint density at radius 2 is 2.29 bits per heavy atom. The second-order valence-corrected chi connectivity index (χ2v) is 2.85. The van der Waals surface area contributed by atoms with E-state index in [4.69, 9.17) is 0 Å². The lowest BCUT2D eigenvalue weighted by molar-refractivity contribution is 1.15. The molecular formula is C6H9Br. The first-order valence-electron chi connectivity index (χ1n) is 2.19. The van der Waals surface area contributed by atoms with Crippen LogP contribution < -0.4 is 0 Å². The number of halogens is 1. The summed E-state index contributed by atoms with van der Waals surface area (Å²) in [6, 6.07) is 0. The van der Waals surface area contributed by atoms with Gasteiger partial charge >= 0.3 is 0 Å². The van der Waals surface area contributed by atoms with Gasteiger partial charge in [-0.1, -0.05) is 22.5 Å². The second kappa shape index (κ2) is 3.06. The first-order chi connectivity index (χ1) is 3.18. The molecule has 0 aliphatic carbocycles. The van der Waals surface area contributed by atoms with Crippen molar-refractivity contribution in [1.29, 1.82) is 0 Å². The molecule has 0 saturated heterocycles. The molecule has 0 rings (SSSR count). The summed E-state index contributed by atoms with van der Waals surface area (Å²) in [6.07, 6.45) is 0. The van der Waals surface area contributed by atoms with Crippen LogP contribution >= 0.6 is 15.9 Å². The van der Waals surface area contributed by atoms with E-state index in [1.807, 2.05) is 13.8 Å². The Morgan fingerprint density at radius 1 is 1.86 bits per heavy atom. The molecule has 0 spiro atoms. The van der Waals surface area contributed by atoms with Crippen LogP contribution in [0.3, 0.4) is 0 Å². The lowest BCUT2D eigenvalue weighted by Gasteiger charge is -1.95. The predicted octanol–water partition coefficient (Wildman–Crippen LogP) is 2.50. The topological polar surface area (TPSA) is 0 Å². The van der Waals surface area contributed by atoms with Crippen LogP contribution in [-0.2, 0) is 0 Å². The molecule has 1 atom stereocenters. The van der Waals surface area contributed by atoms with E-state index in [9.17, 15) is 0 Å². The van der Waals surface area contributed by atoms with Gasteiger partial charge in [-0.15, -0.1) is 5.73 Å². The van der Waals surface area contributed by atoms with Gasteiger partial charge < -0.3 is 0 Å². The minimum absolute atomic E-state index is 0.421. The van der Waals surface area contributed by atoms with Gasteiger partial charge in [-0.05, 0) is 19.4 Å². The fourth-order valence-electron chi connectivity index (χ4n) is 0.141. The molecule has 1 unspecified atom stereocenters. The molecule has 0 aliphatic heterocycles. The molecule has 1 heteroatoms. The zero-order valence-corrected chi connectivity index (χ0v) is 6.25. The summed E-state index contributed by atoms with van der Waals surface area (Å²) in [5, 5.41) is 0. The monoisotopic (exact) mass is 160 g/mol. The van der Waals surface area contributed by atoms with Crippen molar-refractivity contribution in [3.63, 3.8) is 0 Å². The molecular weight excluding hydrogens is 152 g/mol. The molecule has 0 aliphatic rings. The van der Waals surface area contributed by atoms with Crippen LogP contribution in [0.4, 0.5) is 0 Å². The summed E-state index contributed by atoms with van der Waals surface area (Å²) in [7, 11) is 0. The Balaban J connectivity index is 3.81. The van der Waals surface area contributed by atoms with Crippen molar-refractivity contribution >= 4 is 15.9 Å². The number of rotatable bonds is 1. The van der Waals surface area contributed by atoms with E-state index in [2.05, 4.69) is 28.2 Å². The summed E-state index contributed by atoms with van der Waals surface area (Å²) < 4.78 is 0. The number of allylic oxidation sites excluding steroid dienone is 1. The lowest BCUT2D eigenvalue weighted by Crippen LogP contribution is -1.87. The molecule has 0 amide bonds. The first kappa shape index (κ1) is 7.00. The molecule has 0 N–H and O–H groups in total. The van der Waals surface area contributed by atoms with Crippen LogP contribution in [0.5, 0.6) is 0 Å². The van der Waals surface area contributed by atoms with Gasteiger partial charge in [0, 0.05) is 4.83 Å². The standard InChI is InChI=1S/C6H9Br/c1-4-5(2)6(3)7/h6H,1H2,2-3H3. The van der Waals surface area contributed by atoms with Gasteiger partial charge in [-0.3, -0.25) is 0 Å². The largest absolute Gasteiger partial charge is 0.129 e. The zero-order chi connectivity index (χ0) is 5.86. The van der Waals surface area contributed by atoms with Gasteiger partial charge in [0.05, 0.1) is 0 Å². The summed E-state index contributed by atoms with van der Waals surface area (Å²) in [5.41, 5.74) is 3.94. The molecule has 0 aromatic heterocycles. The molecule has 0 bridgehead atoms. The maximum absolute atomic E-state index is 3.49. The Labute approximate surface area is 53.1 Å². The maximum atomic E-state index is 3.49. The number of hydrogen-bond donors (Lipinski definition) is 0. The van der Waals surface area contributed by atoms with E-state index in [1.54, 1.807) is 0 Å². The summed E-state index contributed by atoms with van der Waals surface area (Å²) in [5.74, 6) is 0. The third kappa shape index (κ3) is 2.67. The highest BCUT2D eigenvalue weighted by atomic mass is 79.9. The highest BCUT2D eigenvalue weighted by Crippen LogP contribution is 2.07. The molecule has 0 saturated carbocycles. The van der Waals surface area contributed by atoms with Gasteiger partial charge in [0.25, 0.3) is 0 Å². The normalized spacial score (nSPS) is 12.4. The summed E-state index contributed by atoms with van der Waals surface area (Å²) >= 11 is 3.36. The molecule has 7 heavy (non-hydrogen) atoms. The van der Waals surface area contributed by atoms with Gasteiger partial charge in [0.15, 0.2) is 0 Å². The maximum Gasteiger partial charge on any atom is 0.0398 e. The lowest BCUT2D eigenvalue weighted by atomic mass is 10.3. The van der Waals surface area contributed by atoms with Crippen LogP contribution in [0, 0.1) is 0 Å². The van der Waals surface area contributed by atoms with Crippen molar-refractivity contribution in [1.82, 2.24) is 0 Å². The van der Waals surface area contributed by atoms with Crippen molar-refractivity contribution in [2.75, 3.05) is 0 Å². The van der Waals surface area contributed by atoms with Crippen molar-refractivity contribution < 1.29 is 0 Å². The number of alkyl halides is 1. The third-order valence-corrected chi connectivity index (χ3v) is 1.56. The van der Waals surface area contributed by atoms with Crippen LogP contribution in [-0.4, -0.2) is 4.83 Å². The SMILES string of the molecule is C=C=C(C)C(C)Br. The molecule has 0 aromatic carbocycles. The minimum atomic E-state index is 0.421. The van der Waals surface area contributed by atoms with Crippen molar-refractivity contribution in [3.05, 3.63) is 17.9 Å². The van der Waals surface area contributed by atoms with Gasteiger partial charge in [-0.25, -0.2) is 0 Å². The first-order valence-corrected chi connectivity index (χ1v) is 3.10. The van der Waals surface area contributed by atoms with E-state index in [0.717, 1.165) is 5.57 Å². The van der Waals surface area contributed by atoms with Crippen LogP contribution in [0.1, 0.15) is 13.8 Å². The quantitative estimate of drug-likeness (QED) is 0.409. The van der Waals surface area contributed by atoms with Crippen LogP contribution in [0.2, 0.25) is 0 Å². The minimum Gasteiger partial charge on any atom is -0.129 e. The molecule has 0 fully saturated rings. The van der Waals surface area contributed by atoms with Crippen LogP contribution in [0.15, 0.2) is 17.9 Å². The number of hydrogen-bond acceptors (Lipinski definition) is 0. The molecule has 0 aromatic rings. The highest BCUT2D eigenvalue weighted by molar-refractivity contribution is 9.09. The molecule has 0 heterocycles. The Morgan fingerprint density at radius 3 is 2.29 bits per heavy atom. The fourth-order valence-corrected chi connectivity index (χ4v) is 0.303. The van der Waals surface area contributed by atoms with Gasteiger partial charge in [0.2, 0.25) is 0 Å². The summed E-state index contributed by atoms with van der Waals surface area (Å²) in [4.78, 5) is 0.421. The predicted molar refractivity (Wildman–Crippen MR) is 36.7 cm³/mol. The van der Waals surface area contributed by atoms with Crippen LogP contribution in [0.25, 0.3) is 0 Å². The average molecular weight is 161 g/mol. The van der Waals surface area contributed by atoms with Gasteiger partial charge in [0.1, 0.15) is 0 Å². The Bertz CT molecular complexity index is 96.7. The Hall–Kier alpha value is 0. The summed E-state index contributed by atoms with van der Waals surface area (Å²) in [6.45, 7) is 7.53. The average Bonchev–Trinajstić information content (AvgIpc) is 1.65. The van der Waals surface area contributed by atoms with E-state index in [-0.39, 0.29) is 0 Å². The fraction of sp³-hybridized carbons (Fsp3) is 0.500. The van der Waals surface area contributed by atoms with Gasteiger partial charge in [-0.2, -0.15) is 0 Å². The van der Waals surface area contributed by atoms with E-state index < -0.39 is 0 Å². The second-order valence-electron chi connectivity index (χ2n) is 1.48. The van der Waals surface area contributed by atoms with Crippen molar-refractivity contribution in [2.45, 2.75) is 18.7 Å². The zero-order valence-electron chi connectivity index (χ0n) is 4.66. The molecule has 40 valence electrons. The molecule has 0 nitrogen and oxygen atoms in total. The van der Waals surface area contributed by atoms with E-state index >= 15 is 0 Å². The molecule has 0 radical (unpaired) electrons. The Kier molecular flexibility index (Phi) is 3.06.